The molecule has 0 atom stereocenters. The predicted molar refractivity (Wildman–Crippen MR) is 53.1 cm³/mol. The van der Waals surface area contributed by atoms with Gasteiger partial charge in [-0.15, -0.1) is 11.6 Å². The van der Waals surface area contributed by atoms with E-state index >= 15 is 0 Å². The van der Waals surface area contributed by atoms with Gasteiger partial charge in [0.15, 0.2) is 11.7 Å². The highest BCUT2D eigenvalue weighted by molar-refractivity contribution is 6.17. The molecule has 2 rings (SSSR count). The molecule has 0 N–H and O–H groups in total. The quantitative estimate of drug-likeness (QED) is 0.728. The van der Waals surface area contributed by atoms with Crippen molar-refractivity contribution >= 4 is 11.6 Å². The molecule has 2 aromatic rings. The van der Waals surface area contributed by atoms with Crippen LogP contribution in [0.15, 0.2) is 22.9 Å². The zero-order chi connectivity index (χ0) is 9.97. The SMILES string of the molecule is Cn1ccc(-c2cnc(CCCl)o2)n1. The van der Waals surface area contributed by atoms with Gasteiger partial charge in [0.25, 0.3) is 0 Å². The van der Waals surface area contributed by atoms with Gasteiger partial charge in [0, 0.05) is 25.5 Å². The van der Waals surface area contributed by atoms with Gasteiger partial charge in [-0.2, -0.15) is 5.10 Å². The molecule has 0 aliphatic heterocycles. The first-order chi connectivity index (χ1) is 6.79. The highest BCUT2D eigenvalue weighted by atomic mass is 35.5. The second-order valence-corrected chi connectivity index (χ2v) is 3.31. The third kappa shape index (κ3) is 1.80. The Hall–Kier alpha value is -1.29. The Labute approximate surface area is 86.5 Å². The molecule has 0 aliphatic rings. The Kier molecular flexibility index (Phi) is 2.54. The van der Waals surface area contributed by atoms with E-state index in [0.29, 0.717) is 24.0 Å². The zero-order valence-electron chi connectivity index (χ0n) is 7.77. The molecule has 4 nitrogen and oxygen atoms in total. The van der Waals surface area contributed by atoms with Crippen LogP contribution < -0.4 is 0 Å². The number of oxazole rings is 1. The van der Waals surface area contributed by atoms with Crippen molar-refractivity contribution in [1.82, 2.24) is 14.8 Å². The van der Waals surface area contributed by atoms with Crippen LogP contribution in [0, 0.1) is 0 Å². The van der Waals surface area contributed by atoms with Gasteiger partial charge in [-0.05, 0) is 6.07 Å². The summed E-state index contributed by atoms with van der Waals surface area (Å²) in [6.07, 6.45) is 4.18. The van der Waals surface area contributed by atoms with Gasteiger partial charge in [-0.25, -0.2) is 4.98 Å². The maximum absolute atomic E-state index is 5.58. The van der Waals surface area contributed by atoms with E-state index in [1.165, 1.54) is 0 Å². The van der Waals surface area contributed by atoms with Crippen LogP contribution >= 0.6 is 11.6 Å². The van der Waals surface area contributed by atoms with Gasteiger partial charge in [-0.3, -0.25) is 4.68 Å². The fourth-order valence-corrected chi connectivity index (χ4v) is 1.33. The zero-order valence-corrected chi connectivity index (χ0v) is 8.53. The normalized spacial score (nSPS) is 10.7. The summed E-state index contributed by atoms with van der Waals surface area (Å²) in [6.45, 7) is 0. The lowest BCUT2D eigenvalue weighted by Crippen LogP contribution is -1.87. The van der Waals surface area contributed by atoms with Crippen molar-refractivity contribution in [2.24, 2.45) is 7.05 Å². The average Bonchev–Trinajstić information content (AvgIpc) is 2.74. The van der Waals surface area contributed by atoms with E-state index in [0.717, 1.165) is 5.69 Å². The largest absolute Gasteiger partial charge is 0.439 e. The molecule has 0 bridgehead atoms. The van der Waals surface area contributed by atoms with Crippen LogP contribution in [0.2, 0.25) is 0 Å². The monoisotopic (exact) mass is 211 g/mol. The van der Waals surface area contributed by atoms with Crippen LogP contribution in [0.25, 0.3) is 11.5 Å². The molecule has 2 heterocycles. The summed E-state index contributed by atoms with van der Waals surface area (Å²) in [4.78, 5) is 4.09. The summed E-state index contributed by atoms with van der Waals surface area (Å²) in [5.74, 6) is 1.86. The molecular weight excluding hydrogens is 202 g/mol. The lowest BCUT2D eigenvalue weighted by Gasteiger charge is -1.89. The van der Waals surface area contributed by atoms with Gasteiger partial charge < -0.3 is 4.42 Å². The Morgan fingerprint density at radius 3 is 3.07 bits per heavy atom. The summed E-state index contributed by atoms with van der Waals surface area (Å²) >= 11 is 5.58. The molecule has 0 saturated carbocycles. The van der Waals surface area contributed by atoms with Gasteiger partial charge in [0.1, 0.15) is 5.69 Å². The second-order valence-electron chi connectivity index (χ2n) is 2.93. The van der Waals surface area contributed by atoms with E-state index in [9.17, 15) is 0 Å². The molecule has 0 radical (unpaired) electrons. The van der Waals surface area contributed by atoms with E-state index in [2.05, 4.69) is 10.1 Å². The lowest BCUT2D eigenvalue weighted by molar-refractivity contribution is 0.512. The molecule has 5 heteroatoms. The number of aromatic nitrogens is 3. The first-order valence-electron chi connectivity index (χ1n) is 4.30. The fraction of sp³-hybridized carbons (Fsp3) is 0.333. The van der Waals surface area contributed by atoms with Crippen LogP contribution in [0.1, 0.15) is 5.89 Å². The number of rotatable bonds is 3. The molecule has 0 aromatic carbocycles. The topological polar surface area (TPSA) is 43.9 Å². The van der Waals surface area contributed by atoms with E-state index in [-0.39, 0.29) is 0 Å². The number of hydrogen-bond donors (Lipinski definition) is 0. The van der Waals surface area contributed by atoms with Crippen LogP contribution in [-0.2, 0) is 13.5 Å². The molecule has 14 heavy (non-hydrogen) atoms. The minimum Gasteiger partial charge on any atom is -0.439 e. The standard InChI is InChI=1S/C9H10ClN3O/c1-13-5-3-7(12-13)8-6-11-9(14-8)2-4-10/h3,5-6H,2,4H2,1H3. The Morgan fingerprint density at radius 2 is 2.43 bits per heavy atom. The van der Waals surface area contributed by atoms with Crippen LogP contribution in [-0.4, -0.2) is 20.6 Å². The molecule has 0 spiro atoms. The number of aryl methyl sites for hydroxylation is 2. The Balaban J connectivity index is 2.24. The minimum absolute atomic E-state index is 0.516. The van der Waals surface area contributed by atoms with E-state index in [1.807, 2.05) is 19.3 Å². The third-order valence-corrected chi connectivity index (χ3v) is 2.02. The highest BCUT2D eigenvalue weighted by Gasteiger charge is 2.07. The summed E-state index contributed by atoms with van der Waals surface area (Å²) in [5.41, 5.74) is 0.792. The second kappa shape index (κ2) is 3.84. The summed E-state index contributed by atoms with van der Waals surface area (Å²) in [6, 6.07) is 1.88. The minimum atomic E-state index is 0.516. The predicted octanol–water partition coefficient (Wildman–Crippen LogP) is 1.86. The first-order valence-corrected chi connectivity index (χ1v) is 4.84. The summed E-state index contributed by atoms with van der Waals surface area (Å²) in [5, 5.41) is 4.20. The van der Waals surface area contributed by atoms with Gasteiger partial charge >= 0.3 is 0 Å². The van der Waals surface area contributed by atoms with E-state index in [1.54, 1.807) is 10.9 Å². The maximum atomic E-state index is 5.58. The number of nitrogens with zero attached hydrogens (tertiary/aromatic N) is 3. The Bertz CT molecular complexity index is 421. The smallest absolute Gasteiger partial charge is 0.196 e. The lowest BCUT2D eigenvalue weighted by atomic mass is 10.4. The fourth-order valence-electron chi connectivity index (χ4n) is 1.17. The number of hydrogen-bond acceptors (Lipinski definition) is 3. The van der Waals surface area contributed by atoms with Gasteiger partial charge in [0.05, 0.1) is 6.20 Å². The summed E-state index contributed by atoms with van der Waals surface area (Å²) < 4.78 is 7.17. The van der Waals surface area contributed by atoms with Crippen molar-refractivity contribution in [2.75, 3.05) is 5.88 Å². The highest BCUT2D eigenvalue weighted by Crippen LogP contribution is 2.17. The number of halogens is 1. The van der Waals surface area contributed by atoms with Crippen LogP contribution in [0.5, 0.6) is 0 Å². The van der Waals surface area contributed by atoms with Gasteiger partial charge in [-0.1, -0.05) is 0 Å². The van der Waals surface area contributed by atoms with Crippen LogP contribution in [0.4, 0.5) is 0 Å². The van der Waals surface area contributed by atoms with Crippen molar-refractivity contribution < 1.29 is 4.42 Å². The van der Waals surface area contributed by atoms with E-state index < -0.39 is 0 Å². The maximum Gasteiger partial charge on any atom is 0.196 e. The van der Waals surface area contributed by atoms with Crippen molar-refractivity contribution in [3.8, 4) is 11.5 Å². The van der Waals surface area contributed by atoms with Crippen molar-refractivity contribution in [1.29, 1.82) is 0 Å². The molecule has 0 unspecified atom stereocenters. The molecular formula is C9H10ClN3O. The average molecular weight is 212 g/mol. The molecule has 0 aliphatic carbocycles. The van der Waals surface area contributed by atoms with Crippen molar-refractivity contribution in [3.63, 3.8) is 0 Å². The molecule has 0 amide bonds. The third-order valence-electron chi connectivity index (χ3n) is 1.83. The van der Waals surface area contributed by atoms with Crippen molar-refractivity contribution in [3.05, 3.63) is 24.4 Å². The molecule has 0 fully saturated rings. The first kappa shape index (κ1) is 9.27. The molecule has 74 valence electrons. The molecule has 2 aromatic heterocycles. The number of alkyl halides is 1. The summed E-state index contributed by atoms with van der Waals surface area (Å²) in [7, 11) is 1.86. The van der Waals surface area contributed by atoms with Gasteiger partial charge in [0.2, 0.25) is 0 Å². The van der Waals surface area contributed by atoms with Crippen LogP contribution in [0.3, 0.4) is 0 Å². The van der Waals surface area contributed by atoms with Crippen molar-refractivity contribution in [2.45, 2.75) is 6.42 Å². The van der Waals surface area contributed by atoms with E-state index in [4.69, 9.17) is 16.0 Å². The molecule has 0 saturated heterocycles. The Morgan fingerprint density at radius 1 is 1.57 bits per heavy atom.